The van der Waals surface area contributed by atoms with Crippen LogP contribution < -0.4 is 9.47 Å². The number of methoxy groups -OCH3 is 2. The van der Waals surface area contributed by atoms with Crippen LogP contribution in [0.25, 0.3) is 11.5 Å². The molecule has 2 aromatic rings. The lowest BCUT2D eigenvalue weighted by Crippen LogP contribution is -2.41. The Hall–Kier alpha value is -2.26. The molecule has 0 unspecified atom stereocenters. The summed E-state index contributed by atoms with van der Waals surface area (Å²) in [5.74, 6) is 1.87. The van der Waals surface area contributed by atoms with E-state index in [9.17, 15) is 4.79 Å². The second-order valence-corrected chi connectivity index (χ2v) is 6.15. The van der Waals surface area contributed by atoms with Gasteiger partial charge >= 0.3 is 0 Å². The number of rotatable bonds is 6. The second kappa shape index (κ2) is 8.21. The molecule has 0 aliphatic carbocycles. The number of nitrogens with zero attached hydrogens (tertiary/aromatic N) is 3. The maximum absolute atomic E-state index is 12.1. The molecule has 1 aromatic carbocycles. The maximum Gasteiger partial charge on any atom is 0.277 e. The first kappa shape index (κ1) is 17.6. The van der Waals surface area contributed by atoms with Crippen LogP contribution in [0.1, 0.15) is 0 Å². The molecule has 0 N–H and O–H groups in total. The van der Waals surface area contributed by atoms with Crippen molar-refractivity contribution in [3.8, 4) is 23.0 Å². The lowest BCUT2D eigenvalue weighted by Gasteiger charge is -2.26. The number of carbonyl (C=O) groups excluding carboxylic acids is 1. The molecule has 0 saturated carbocycles. The Morgan fingerprint density at radius 2 is 2.04 bits per heavy atom. The number of ether oxygens (including phenoxy) is 3. The maximum atomic E-state index is 12.1. The van der Waals surface area contributed by atoms with Crippen molar-refractivity contribution in [3.05, 3.63) is 18.2 Å². The van der Waals surface area contributed by atoms with Gasteiger partial charge in [-0.15, -0.1) is 10.2 Å². The fourth-order valence-electron chi connectivity index (χ4n) is 2.38. The molecule has 0 atom stereocenters. The van der Waals surface area contributed by atoms with Crippen molar-refractivity contribution in [3.63, 3.8) is 0 Å². The molecule has 1 fully saturated rings. The van der Waals surface area contributed by atoms with Crippen LogP contribution in [0.3, 0.4) is 0 Å². The summed E-state index contributed by atoms with van der Waals surface area (Å²) in [6.45, 7) is 2.41. The summed E-state index contributed by atoms with van der Waals surface area (Å²) in [5, 5.41) is 8.37. The molecule has 1 saturated heterocycles. The summed E-state index contributed by atoms with van der Waals surface area (Å²) < 4.78 is 21.4. The molecular weight excluding hydrogens is 346 g/mol. The molecule has 0 radical (unpaired) electrons. The van der Waals surface area contributed by atoms with Gasteiger partial charge in [0.1, 0.15) is 11.5 Å². The van der Waals surface area contributed by atoms with Crippen molar-refractivity contribution in [2.24, 2.45) is 0 Å². The van der Waals surface area contributed by atoms with Crippen LogP contribution >= 0.6 is 11.8 Å². The first-order chi connectivity index (χ1) is 12.2. The van der Waals surface area contributed by atoms with Gasteiger partial charge in [0, 0.05) is 19.2 Å². The van der Waals surface area contributed by atoms with E-state index in [2.05, 4.69) is 10.2 Å². The van der Waals surface area contributed by atoms with Gasteiger partial charge in [-0.05, 0) is 12.1 Å². The van der Waals surface area contributed by atoms with E-state index in [1.807, 2.05) is 0 Å². The normalized spacial score (nSPS) is 14.4. The quantitative estimate of drug-likeness (QED) is 0.715. The number of aromatic nitrogens is 2. The van der Waals surface area contributed by atoms with E-state index in [0.717, 1.165) is 0 Å². The zero-order valence-corrected chi connectivity index (χ0v) is 14.9. The van der Waals surface area contributed by atoms with Crippen molar-refractivity contribution >= 4 is 17.7 Å². The largest absolute Gasteiger partial charge is 0.497 e. The average molecular weight is 365 g/mol. The van der Waals surface area contributed by atoms with Gasteiger partial charge in [0.15, 0.2) is 0 Å². The highest BCUT2D eigenvalue weighted by Crippen LogP contribution is 2.33. The van der Waals surface area contributed by atoms with E-state index >= 15 is 0 Å². The fourth-order valence-corrected chi connectivity index (χ4v) is 3.05. The van der Waals surface area contributed by atoms with Crippen molar-refractivity contribution < 1.29 is 23.4 Å². The molecule has 3 rings (SSSR count). The van der Waals surface area contributed by atoms with Crippen LogP contribution in [0, 0.1) is 0 Å². The van der Waals surface area contributed by atoms with E-state index in [1.54, 1.807) is 37.3 Å². The monoisotopic (exact) mass is 365 g/mol. The van der Waals surface area contributed by atoms with Gasteiger partial charge in [-0.3, -0.25) is 4.79 Å². The number of benzene rings is 1. The molecule has 1 aliphatic rings. The number of hydrogen-bond acceptors (Lipinski definition) is 8. The summed E-state index contributed by atoms with van der Waals surface area (Å²) in [6.07, 6.45) is 0. The van der Waals surface area contributed by atoms with E-state index < -0.39 is 0 Å². The minimum atomic E-state index is 0.0371. The smallest absolute Gasteiger partial charge is 0.277 e. The van der Waals surface area contributed by atoms with Gasteiger partial charge < -0.3 is 23.5 Å². The van der Waals surface area contributed by atoms with Gasteiger partial charge in [0.25, 0.3) is 11.1 Å². The summed E-state index contributed by atoms with van der Waals surface area (Å²) in [6, 6.07) is 5.32. The predicted octanol–water partition coefficient (Wildman–Crippen LogP) is 1.70. The second-order valence-electron chi connectivity index (χ2n) is 5.22. The lowest BCUT2D eigenvalue weighted by molar-refractivity contribution is -0.132. The molecule has 2 heterocycles. The molecule has 134 valence electrons. The van der Waals surface area contributed by atoms with Gasteiger partial charge in [-0.2, -0.15) is 0 Å². The van der Waals surface area contributed by atoms with Crippen molar-refractivity contribution in [1.82, 2.24) is 15.1 Å². The Morgan fingerprint density at radius 3 is 2.76 bits per heavy atom. The van der Waals surface area contributed by atoms with Gasteiger partial charge in [0.05, 0.1) is 38.7 Å². The third kappa shape index (κ3) is 4.23. The average Bonchev–Trinajstić information content (AvgIpc) is 3.15. The topological polar surface area (TPSA) is 86.9 Å². The molecule has 9 heteroatoms. The zero-order valence-electron chi connectivity index (χ0n) is 14.1. The Morgan fingerprint density at radius 1 is 1.24 bits per heavy atom. The van der Waals surface area contributed by atoms with E-state index in [0.29, 0.717) is 54.5 Å². The van der Waals surface area contributed by atoms with Crippen molar-refractivity contribution in [1.29, 1.82) is 0 Å². The molecule has 1 aromatic heterocycles. The number of carbonyl (C=O) groups is 1. The minimum Gasteiger partial charge on any atom is -0.497 e. The third-order valence-electron chi connectivity index (χ3n) is 3.73. The third-order valence-corrected chi connectivity index (χ3v) is 4.53. The SMILES string of the molecule is COc1ccc(-c2nnc(SCC(=O)N3CCOCC3)o2)c(OC)c1. The van der Waals surface area contributed by atoms with Crippen molar-refractivity contribution in [2.45, 2.75) is 5.22 Å². The highest BCUT2D eigenvalue weighted by Gasteiger charge is 2.19. The fraction of sp³-hybridized carbons (Fsp3) is 0.438. The summed E-state index contributed by atoms with van der Waals surface area (Å²) in [7, 11) is 3.15. The van der Waals surface area contributed by atoms with Crippen molar-refractivity contribution in [2.75, 3.05) is 46.3 Å². The molecule has 8 nitrogen and oxygen atoms in total. The standard InChI is InChI=1S/C16H19N3O5S/c1-21-11-3-4-12(13(9-11)22-2)15-17-18-16(24-15)25-10-14(20)19-5-7-23-8-6-19/h3-4,9H,5-8,10H2,1-2H3. The van der Waals surface area contributed by atoms with Crippen LogP contribution in [-0.2, 0) is 9.53 Å². The first-order valence-corrected chi connectivity index (χ1v) is 8.74. The van der Waals surface area contributed by atoms with Crippen LogP contribution in [0.15, 0.2) is 27.8 Å². The van der Waals surface area contributed by atoms with E-state index in [1.165, 1.54) is 11.8 Å². The number of amides is 1. The molecule has 0 spiro atoms. The molecule has 25 heavy (non-hydrogen) atoms. The molecular formula is C16H19N3O5S. The predicted molar refractivity (Wildman–Crippen MR) is 91.0 cm³/mol. The summed E-state index contributed by atoms with van der Waals surface area (Å²) >= 11 is 1.22. The Kier molecular flexibility index (Phi) is 5.77. The van der Waals surface area contributed by atoms with Gasteiger partial charge in [0.2, 0.25) is 5.91 Å². The highest BCUT2D eigenvalue weighted by atomic mass is 32.2. The highest BCUT2D eigenvalue weighted by molar-refractivity contribution is 7.99. The number of hydrogen-bond donors (Lipinski definition) is 0. The van der Waals surface area contributed by atoms with Crippen LogP contribution in [-0.4, -0.2) is 67.3 Å². The van der Waals surface area contributed by atoms with E-state index in [-0.39, 0.29) is 11.7 Å². The first-order valence-electron chi connectivity index (χ1n) is 7.75. The van der Waals surface area contributed by atoms with E-state index in [4.69, 9.17) is 18.6 Å². The summed E-state index contributed by atoms with van der Waals surface area (Å²) in [4.78, 5) is 13.9. The lowest BCUT2D eigenvalue weighted by atomic mass is 10.2. The number of thioether (sulfide) groups is 1. The number of morpholine rings is 1. The van der Waals surface area contributed by atoms with Crippen LogP contribution in [0.5, 0.6) is 11.5 Å². The van der Waals surface area contributed by atoms with Crippen LogP contribution in [0.4, 0.5) is 0 Å². The molecule has 1 aliphatic heterocycles. The van der Waals surface area contributed by atoms with Gasteiger partial charge in [-0.25, -0.2) is 0 Å². The molecule has 0 bridgehead atoms. The summed E-state index contributed by atoms with van der Waals surface area (Å²) in [5.41, 5.74) is 0.669. The molecule has 1 amide bonds. The Bertz CT molecular complexity index is 730. The van der Waals surface area contributed by atoms with Crippen LogP contribution in [0.2, 0.25) is 0 Å². The van der Waals surface area contributed by atoms with Gasteiger partial charge in [-0.1, -0.05) is 11.8 Å². The Balaban J connectivity index is 1.65. The Labute approximate surface area is 149 Å². The zero-order chi connectivity index (χ0) is 17.6. The minimum absolute atomic E-state index is 0.0371.